The maximum atomic E-state index is 9.64. The van der Waals surface area contributed by atoms with Crippen molar-refractivity contribution in [3.63, 3.8) is 0 Å². The van der Waals surface area contributed by atoms with Crippen LogP contribution in [-0.4, -0.2) is 33.1 Å². The minimum Gasteiger partial charge on any atom is -0.393 e. The topological polar surface area (TPSA) is 60.7 Å². The summed E-state index contributed by atoms with van der Waals surface area (Å²) in [5, 5.41) is 28.4. The zero-order valence-corrected chi connectivity index (χ0v) is 10.9. The molecule has 0 heterocycles. The van der Waals surface area contributed by atoms with Gasteiger partial charge in [0.25, 0.3) is 0 Å². The number of hydrogen-bond donors (Lipinski definition) is 3. The number of aliphatic hydroxyl groups is 3. The zero-order valence-electron chi connectivity index (χ0n) is 10.9. The number of aliphatic hydroxyl groups excluding tert-OH is 2. The Morgan fingerprint density at radius 2 is 1.71 bits per heavy atom. The molecule has 0 bridgehead atoms. The van der Waals surface area contributed by atoms with E-state index in [9.17, 15) is 15.3 Å². The highest BCUT2D eigenvalue weighted by Gasteiger charge is 2.23. The van der Waals surface area contributed by atoms with Crippen molar-refractivity contribution in [3.8, 4) is 0 Å². The molecule has 0 fully saturated rings. The molecule has 4 atom stereocenters. The van der Waals surface area contributed by atoms with Crippen LogP contribution in [0.2, 0.25) is 0 Å². The van der Waals surface area contributed by atoms with Crippen molar-refractivity contribution in [1.29, 1.82) is 0 Å². The predicted molar refractivity (Wildman–Crippen MR) is 70.6 cm³/mol. The summed E-state index contributed by atoms with van der Waals surface area (Å²) in [6.07, 6.45) is 7.66. The number of rotatable bonds is 7. The van der Waals surface area contributed by atoms with Gasteiger partial charge in [0.05, 0.1) is 6.10 Å². The fraction of sp³-hybridized carbons (Fsp3) is 0.571. The summed E-state index contributed by atoms with van der Waals surface area (Å²) in [7, 11) is 0. The maximum Gasteiger partial charge on any atom is 0.109 e. The minimum absolute atomic E-state index is 0.275. The first-order chi connectivity index (χ1) is 7.79. The lowest BCUT2D eigenvalue weighted by Gasteiger charge is -2.22. The van der Waals surface area contributed by atoms with Crippen molar-refractivity contribution in [2.45, 2.75) is 45.0 Å². The summed E-state index contributed by atoms with van der Waals surface area (Å²) in [6, 6.07) is 0. The van der Waals surface area contributed by atoms with E-state index in [1.165, 1.54) is 19.1 Å². The van der Waals surface area contributed by atoms with Gasteiger partial charge in [0, 0.05) is 0 Å². The molecule has 0 aliphatic carbocycles. The molecular weight excluding hydrogens is 216 g/mol. The first-order valence-corrected chi connectivity index (χ1v) is 5.86. The highest BCUT2D eigenvalue weighted by molar-refractivity contribution is 5.12. The molecule has 3 heteroatoms. The standard InChI is InChI=1S/C14H24O3/c1-5-14(4,17)13(16)9-7-6-8-11(2)10-12(3)15/h5-9,11-13,15-17H,1,10H2,2-4H3/b8-6+,9-7+/t11-,12?,13+,14-/m0/s1. The molecule has 98 valence electrons. The Morgan fingerprint density at radius 1 is 1.18 bits per heavy atom. The van der Waals surface area contributed by atoms with Gasteiger partial charge >= 0.3 is 0 Å². The fourth-order valence-electron chi connectivity index (χ4n) is 1.36. The third kappa shape index (κ3) is 7.10. The minimum atomic E-state index is -1.31. The second-order valence-corrected chi connectivity index (χ2v) is 4.71. The molecular formula is C14H24O3. The molecule has 0 aliphatic heterocycles. The predicted octanol–water partition coefficient (Wildman–Crippen LogP) is 1.80. The Labute approximate surface area is 104 Å². The third-order valence-corrected chi connectivity index (χ3v) is 2.57. The molecule has 0 amide bonds. The molecule has 0 spiro atoms. The van der Waals surface area contributed by atoms with Gasteiger partial charge in [0.1, 0.15) is 11.7 Å². The van der Waals surface area contributed by atoms with Crippen LogP contribution in [0.5, 0.6) is 0 Å². The smallest absolute Gasteiger partial charge is 0.109 e. The second kappa shape index (κ2) is 7.43. The van der Waals surface area contributed by atoms with E-state index < -0.39 is 11.7 Å². The van der Waals surface area contributed by atoms with Crippen molar-refractivity contribution >= 4 is 0 Å². The Kier molecular flexibility index (Phi) is 7.04. The van der Waals surface area contributed by atoms with E-state index in [0.717, 1.165) is 0 Å². The Balaban J connectivity index is 4.19. The van der Waals surface area contributed by atoms with Crippen molar-refractivity contribution in [2.24, 2.45) is 5.92 Å². The number of allylic oxidation sites excluding steroid dienone is 3. The summed E-state index contributed by atoms with van der Waals surface area (Å²) in [6.45, 7) is 8.71. The van der Waals surface area contributed by atoms with Gasteiger partial charge in [0.15, 0.2) is 0 Å². The van der Waals surface area contributed by atoms with Gasteiger partial charge in [-0.1, -0.05) is 37.3 Å². The first-order valence-electron chi connectivity index (χ1n) is 5.86. The van der Waals surface area contributed by atoms with Crippen molar-refractivity contribution in [2.75, 3.05) is 0 Å². The first kappa shape index (κ1) is 16.1. The normalized spacial score (nSPS) is 21.3. The van der Waals surface area contributed by atoms with Gasteiger partial charge in [-0.05, 0) is 26.2 Å². The molecule has 17 heavy (non-hydrogen) atoms. The van der Waals surface area contributed by atoms with Gasteiger partial charge in [0.2, 0.25) is 0 Å². The fourth-order valence-corrected chi connectivity index (χ4v) is 1.36. The summed E-state index contributed by atoms with van der Waals surface area (Å²) in [4.78, 5) is 0. The molecule has 0 saturated heterocycles. The van der Waals surface area contributed by atoms with E-state index in [2.05, 4.69) is 6.58 Å². The van der Waals surface area contributed by atoms with Crippen LogP contribution in [0, 0.1) is 5.92 Å². The average Bonchev–Trinajstić information content (AvgIpc) is 2.23. The van der Waals surface area contributed by atoms with Gasteiger partial charge in [-0.15, -0.1) is 6.58 Å². The molecule has 0 aromatic carbocycles. The van der Waals surface area contributed by atoms with Crippen LogP contribution < -0.4 is 0 Å². The van der Waals surface area contributed by atoms with Gasteiger partial charge in [-0.25, -0.2) is 0 Å². The van der Waals surface area contributed by atoms with Crippen LogP contribution in [-0.2, 0) is 0 Å². The molecule has 0 saturated carbocycles. The SMILES string of the molecule is C=C[C@](C)(O)[C@H](O)/C=C/C=C/[C@H](C)CC(C)O. The van der Waals surface area contributed by atoms with Crippen molar-refractivity contribution < 1.29 is 15.3 Å². The second-order valence-electron chi connectivity index (χ2n) is 4.71. The lowest BCUT2D eigenvalue weighted by Crippen LogP contribution is -2.35. The number of hydrogen-bond acceptors (Lipinski definition) is 3. The van der Waals surface area contributed by atoms with E-state index in [-0.39, 0.29) is 12.0 Å². The van der Waals surface area contributed by atoms with Gasteiger partial charge in [-0.2, -0.15) is 0 Å². The van der Waals surface area contributed by atoms with Crippen molar-refractivity contribution in [3.05, 3.63) is 37.0 Å². The molecule has 3 N–H and O–H groups in total. The Hall–Kier alpha value is -0.900. The van der Waals surface area contributed by atoms with E-state index in [4.69, 9.17) is 0 Å². The molecule has 0 radical (unpaired) electrons. The van der Waals surface area contributed by atoms with Crippen LogP contribution >= 0.6 is 0 Å². The summed E-state index contributed by atoms with van der Waals surface area (Å²) in [5.74, 6) is 0.275. The summed E-state index contributed by atoms with van der Waals surface area (Å²) in [5.41, 5.74) is -1.31. The van der Waals surface area contributed by atoms with Gasteiger partial charge < -0.3 is 15.3 Å². The molecule has 0 aromatic rings. The molecule has 0 aliphatic rings. The van der Waals surface area contributed by atoms with E-state index >= 15 is 0 Å². The van der Waals surface area contributed by atoms with E-state index in [0.29, 0.717) is 6.42 Å². The Morgan fingerprint density at radius 3 is 2.18 bits per heavy atom. The summed E-state index contributed by atoms with van der Waals surface area (Å²) >= 11 is 0. The largest absolute Gasteiger partial charge is 0.393 e. The van der Waals surface area contributed by atoms with E-state index in [1.807, 2.05) is 13.0 Å². The monoisotopic (exact) mass is 240 g/mol. The maximum absolute atomic E-state index is 9.64. The van der Waals surface area contributed by atoms with Gasteiger partial charge in [-0.3, -0.25) is 0 Å². The average molecular weight is 240 g/mol. The molecule has 0 aromatic heterocycles. The highest BCUT2D eigenvalue weighted by Crippen LogP contribution is 2.12. The van der Waals surface area contributed by atoms with Crippen molar-refractivity contribution in [1.82, 2.24) is 0 Å². The van der Waals surface area contributed by atoms with Crippen LogP contribution in [0.4, 0.5) is 0 Å². The quantitative estimate of drug-likeness (QED) is 0.470. The highest BCUT2D eigenvalue weighted by atomic mass is 16.3. The third-order valence-electron chi connectivity index (χ3n) is 2.57. The van der Waals surface area contributed by atoms with Crippen LogP contribution in [0.15, 0.2) is 37.0 Å². The lowest BCUT2D eigenvalue weighted by atomic mass is 9.99. The van der Waals surface area contributed by atoms with Crippen LogP contribution in [0.25, 0.3) is 0 Å². The molecule has 3 nitrogen and oxygen atoms in total. The van der Waals surface area contributed by atoms with E-state index in [1.54, 1.807) is 19.1 Å². The molecule has 0 rings (SSSR count). The lowest BCUT2D eigenvalue weighted by molar-refractivity contribution is 0.000915. The van der Waals surface area contributed by atoms with Crippen LogP contribution in [0.1, 0.15) is 27.2 Å². The molecule has 1 unspecified atom stereocenters. The van der Waals surface area contributed by atoms with Crippen LogP contribution in [0.3, 0.4) is 0 Å². The Bertz CT molecular complexity index is 277. The summed E-state index contributed by atoms with van der Waals surface area (Å²) < 4.78 is 0. The zero-order chi connectivity index (χ0) is 13.5.